The summed E-state index contributed by atoms with van der Waals surface area (Å²) in [5, 5.41) is 14.1. The van der Waals surface area contributed by atoms with E-state index >= 15 is 0 Å². The normalized spacial score (nSPS) is 21.3. The number of nitrogens with two attached hydrogens (primary N) is 1. The van der Waals surface area contributed by atoms with E-state index in [1.54, 1.807) is 13.0 Å². The molecule has 0 saturated carbocycles. The molecule has 1 aliphatic heterocycles. The van der Waals surface area contributed by atoms with Gasteiger partial charge >= 0.3 is 0 Å². The first kappa shape index (κ1) is 20.8. The fraction of sp³-hybridized carbons (Fsp3) is 0.294. The molecule has 0 aliphatic carbocycles. The Morgan fingerprint density at radius 2 is 2.14 bits per heavy atom. The van der Waals surface area contributed by atoms with Crippen molar-refractivity contribution in [2.24, 2.45) is 5.73 Å². The van der Waals surface area contributed by atoms with Crippen LogP contribution in [0.4, 0.5) is 10.2 Å². The zero-order valence-electron chi connectivity index (χ0n) is 15.3. The van der Waals surface area contributed by atoms with Crippen LogP contribution in [0, 0.1) is 12.7 Å². The molecule has 1 aliphatic rings. The van der Waals surface area contributed by atoms with Crippen LogP contribution in [-0.4, -0.2) is 46.3 Å². The van der Waals surface area contributed by atoms with Crippen LogP contribution in [0.3, 0.4) is 0 Å². The second kappa shape index (κ2) is 9.03. The second-order valence-corrected chi connectivity index (χ2v) is 7.29. The lowest BCUT2D eigenvalue weighted by Crippen LogP contribution is -2.70. The van der Waals surface area contributed by atoms with E-state index in [2.05, 4.69) is 26.4 Å². The van der Waals surface area contributed by atoms with Gasteiger partial charge in [-0.25, -0.2) is 4.39 Å². The van der Waals surface area contributed by atoms with E-state index in [-0.39, 0.29) is 17.2 Å². The van der Waals surface area contributed by atoms with Gasteiger partial charge in [0.2, 0.25) is 11.8 Å². The van der Waals surface area contributed by atoms with Gasteiger partial charge in [0.1, 0.15) is 23.1 Å². The molecule has 10 nitrogen and oxygen atoms in total. The fourth-order valence-electron chi connectivity index (χ4n) is 2.57. The molecular weight excluding hydrogens is 403 g/mol. The zero-order valence-corrected chi connectivity index (χ0v) is 16.1. The smallest absolute Gasteiger partial charge is 0.254 e. The van der Waals surface area contributed by atoms with Crippen molar-refractivity contribution in [2.75, 3.05) is 11.1 Å². The molecule has 29 heavy (non-hydrogen) atoms. The van der Waals surface area contributed by atoms with Crippen molar-refractivity contribution in [3.05, 3.63) is 47.5 Å². The van der Waals surface area contributed by atoms with Gasteiger partial charge in [-0.2, -0.15) is 0 Å². The highest BCUT2D eigenvalue weighted by Crippen LogP contribution is 2.14. The minimum atomic E-state index is -1.11. The molecule has 0 spiro atoms. The maximum atomic E-state index is 13.7. The van der Waals surface area contributed by atoms with E-state index in [4.69, 9.17) is 10.3 Å². The third kappa shape index (κ3) is 5.31. The molecule has 2 aromatic rings. The number of anilines is 1. The predicted molar refractivity (Wildman–Crippen MR) is 103 cm³/mol. The number of rotatable bonds is 6. The number of aryl methyl sites for hydroxylation is 1. The van der Waals surface area contributed by atoms with Gasteiger partial charge in [-0.05, 0) is 19.1 Å². The zero-order chi connectivity index (χ0) is 21.0. The monoisotopic (exact) mass is 422 g/mol. The van der Waals surface area contributed by atoms with Gasteiger partial charge in [-0.15, -0.1) is 11.8 Å². The SMILES string of the molecule is Cc1cc(NC(=O)CSC2NC(=O)C(NC(=O)c3ccccc3F)C(N)N2)no1. The molecule has 3 rings (SSSR count). The Balaban J connectivity index is 1.50. The Morgan fingerprint density at radius 1 is 1.38 bits per heavy atom. The molecule has 2 heterocycles. The van der Waals surface area contributed by atoms with Gasteiger partial charge < -0.3 is 26.2 Å². The van der Waals surface area contributed by atoms with E-state index in [1.165, 1.54) is 18.2 Å². The summed E-state index contributed by atoms with van der Waals surface area (Å²) in [5.41, 5.74) is 5.10. The van der Waals surface area contributed by atoms with Crippen LogP contribution >= 0.6 is 11.8 Å². The van der Waals surface area contributed by atoms with Crippen LogP contribution in [0.15, 0.2) is 34.9 Å². The minimum absolute atomic E-state index is 0.00280. The lowest BCUT2D eigenvalue weighted by atomic mass is 10.1. The first-order chi connectivity index (χ1) is 13.8. The van der Waals surface area contributed by atoms with Crippen molar-refractivity contribution in [3.63, 3.8) is 0 Å². The van der Waals surface area contributed by atoms with Gasteiger partial charge in [0.25, 0.3) is 5.91 Å². The van der Waals surface area contributed by atoms with Crippen molar-refractivity contribution in [1.29, 1.82) is 0 Å². The first-order valence-electron chi connectivity index (χ1n) is 8.55. The number of halogens is 1. The molecule has 12 heteroatoms. The molecule has 0 radical (unpaired) electrons. The van der Waals surface area contributed by atoms with Crippen LogP contribution in [-0.2, 0) is 9.59 Å². The molecule has 0 bridgehead atoms. The molecule has 3 atom stereocenters. The Kier molecular flexibility index (Phi) is 6.46. The van der Waals surface area contributed by atoms with Crippen LogP contribution < -0.4 is 27.0 Å². The number of benzene rings is 1. The summed E-state index contributed by atoms with van der Waals surface area (Å²) in [4.78, 5) is 36.5. The van der Waals surface area contributed by atoms with Crippen molar-refractivity contribution < 1.29 is 23.3 Å². The summed E-state index contributed by atoms with van der Waals surface area (Å²) < 4.78 is 18.6. The highest BCUT2D eigenvalue weighted by Gasteiger charge is 2.35. The highest BCUT2D eigenvalue weighted by atomic mass is 32.2. The number of hydrogen-bond acceptors (Lipinski definition) is 8. The number of thioether (sulfide) groups is 1. The van der Waals surface area contributed by atoms with Crippen LogP contribution in [0.2, 0.25) is 0 Å². The topological polar surface area (TPSA) is 151 Å². The molecule has 1 saturated heterocycles. The average Bonchev–Trinajstić information content (AvgIpc) is 3.08. The van der Waals surface area contributed by atoms with Gasteiger partial charge in [-0.3, -0.25) is 19.7 Å². The number of nitrogens with zero attached hydrogens (tertiary/aromatic N) is 1. The third-order valence-corrected chi connectivity index (χ3v) is 4.96. The van der Waals surface area contributed by atoms with E-state index in [0.29, 0.717) is 11.6 Å². The molecule has 1 fully saturated rings. The average molecular weight is 422 g/mol. The first-order valence-corrected chi connectivity index (χ1v) is 9.60. The Labute approximate surface area is 169 Å². The van der Waals surface area contributed by atoms with Crippen LogP contribution in [0.25, 0.3) is 0 Å². The largest absolute Gasteiger partial charge is 0.360 e. The van der Waals surface area contributed by atoms with E-state index in [1.807, 2.05) is 0 Å². The second-order valence-electron chi connectivity index (χ2n) is 6.19. The Morgan fingerprint density at radius 3 is 2.79 bits per heavy atom. The van der Waals surface area contributed by atoms with Gasteiger partial charge in [-0.1, -0.05) is 17.3 Å². The molecular formula is C17H19FN6O4S. The number of hydrogen-bond donors (Lipinski definition) is 5. The van der Waals surface area contributed by atoms with E-state index in [9.17, 15) is 18.8 Å². The molecule has 3 unspecified atom stereocenters. The lowest BCUT2D eigenvalue weighted by molar-refractivity contribution is -0.125. The number of carbonyl (C=O) groups is 3. The summed E-state index contributed by atoms with van der Waals surface area (Å²) in [5.74, 6) is -1.50. The number of aromatic nitrogens is 1. The summed E-state index contributed by atoms with van der Waals surface area (Å²) in [6, 6.07) is 5.88. The minimum Gasteiger partial charge on any atom is -0.360 e. The van der Waals surface area contributed by atoms with Crippen molar-refractivity contribution in [3.8, 4) is 0 Å². The summed E-state index contributed by atoms with van der Waals surface area (Å²) in [6.45, 7) is 1.70. The maximum Gasteiger partial charge on any atom is 0.254 e. The summed E-state index contributed by atoms with van der Waals surface area (Å²) in [7, 11) is 0. The quantitative estimate of drug-likeness (QED) is 0.432. The van der Waals surface area contributed by atoms with Crippen LogP contribution in [0.5, 0.6) is 0 Å². The number of amides is 3. The number of nitrogens with one attached hydrogen (secondary N) is 4. The molecule has 154 valence electrons. The molecule has 6 N–H and O–H groups in total. The van der Waals surface area contributed by atoms with Crippen molar-refractivity contribution in [2.45, 2.75) is 24.6 Å². The summed E-state index contributed by atoms with van der Waals surface area (Å²) >= 11 is 1.09. The van der Waals surface area contributed by atoms with Gasteiger partial charge in [0.05, 0.1) is 17.5 Å². The Bertz CT molecular complexity index is 923. The fourth-order valence-corrected chi connectivity index (χ4v) is 3.41. The van der Waals surface area contributed by atoms with Gasteiger partial charge in [0.15, 0.2) is 5.82 Å². The van der Waals surface area contributed by atoms with E-state index < -0.39 is 35.3 Å². The standard InChI is InChI=1S/C17H19FN6O4S/c1-8-6-11(24-28-8)20-12(25)7-29-17-22-14(19)13(16(27)23-17)21-15(26)9-4-2-3-5-10(9)18/h2-6,13-14,17,22H,7,19H2,1H3,(H,21,26)(H,23,27)(H,20,24,25). The molecule has 3 amide bonds. The van der Waals surface area contributed by atoms with Gasteiger partial charge in [0, 0.05) is 6.07 Å². The Hall–Kier alpha value is -2.96. The third-order valence-electron chi connectivity index (χ3n) is 3.94. The maximum absolute atomic E-state index is 13.7. The van der Waals surface area contributed by atoms with Crippen molar-refractivity contribution in [1.82, 2.24) is 21.1 Å². The van der Waals surface area contributed by atoms with Crippen molar-refractivity contribution >= 4 is 35.3 Å². The summed E-state index contributed by atoms with van der Waals surface area (Å²) in [6.07, 6.45) is -0.932. The van der Waals surface area contributed by atoms with Crippen LogP contribution in [0.1, 0.15) is 16.1 Å². The molecule has 1 aromatic carbocycles. The predicted octanol–water partition coefficient (Wildman–Crippen LogP) is -0.120. The number of carbonyl (C=O) groups excluding carboxylic acids is 3. The highest BCUT2D eigenvalue weighted by molar-refractivity contribution is 8.00. The lowest BCUT2D eigenvalue weighted by Gasteiger charge is -2.35. The molecule has 1 aromatic heterocycles. The van der Waals surface area contributed by atoms with E-state index in [0.717, 1.165) is 17.8 Å².